The van der Waals surface area contributed by atoms with Gasteiger partial charge in [0.1, 0.15) is 5.82 Å². The molecular weight excluding hydrogens is 353 g/mol. The average molecular weight is 379 g/mol. The predicted molar refractivity (Wildman–Crippen MR) is 109 cm³/mol. The summed E-state index contributed by atoms with van der Waals surface area (Å²) in [6.45, 7) is 3.32. The van der Waals surface area contributed by atoms with E-state index in [0.717, 1.165) is 38.3 Å². The minimum Gasteiger partial charge on any atom is -0.368 e. The van der Waals surface area contributed by atoms with Gasteiger partial charge < -0.3 is 15.1 Å². The maximum absolute atomic E-state index is 13.3. The molecule has 0 radical (unpaired) electrons. The quantitative estimate of drug-likeness (QED) is 0.886. The van der Waals surface area contributed by atoms with E-state index in [-0.39, 0.29) is 23.7 Å². The number of amides is 1. The number of hydrogen-bond acceptors (Lipinski definition) is 3. The minimum absolute atomic E-state index is 0.0584. The molecule has 28 heavy (non-hydrogen) atoms. The molecule has 146 valence electrons. The smallest absolute Gasteiger partial charge is 0.225 e. The zero-order chi connectivity index (χ0) is 19.1. The second-order valence-electron chi connectivity index (χ2n) is 8.31. The summed E-state index contributed by atoms with van der Waals surface area (Å²) in [4.78, 5) is 17.8. The van der Waals surface area contributed by atoms with E-state index in [1.54, 1.807) is 0 Å². The van der Waals surface area contributed by atoms with Crippen LogP contribution in [0.4, 0.5) is 15.8 Å². The molecule has 2 heterocycles. The number of nitrogens with zero attached hydrogens (tertiary/aromatic N) is 2. The van der Waals surface area contributed by atoms with E-state index >= 15 is 0 Å². The Morgan fingerprint density at radius 2 is 1.86 bits per heavy atom. The monoisotopic (exact) mass is 379 g/mol. The molecule has 0 aromatic heterocycles. The Bertz CT molecular complexity index is 864. The van der Waals surface area contributed by atoms with Gasteiger partial charge in [-0.3, -0.25) is 4.79 Å². The number of benzene rings is 2. The first-order valence-corrected chi connectivity index (χ1v) is 10.3. The standard InChI is InChI=1S/C23H26FN3O/c24-18-7-9-19(10-8-18)26-11-12-27-21-4-2-1-3-17(21)13-20(22(27)15-26)23(28)25-14-16-5-6-16/h1-4,7-10,16,20,22H,5-6,11-15H2,(H,25,28)/t20-,22-/m1/s1. The summed E-state index contributed by atoms with van der Waals surface area (Å²) >= 11 is 0. The van der Waals surface area contributed by atoms with Crippen molar-refractivity contribution in [1.82, 2.24) is 5.32 Å². The Morgan fingerprint density at radius 1 is 1.07 bits per heavy atom. The van der Waals surface area contributed by atoms with Crippen molar-refractivity contribution in [3.05, 3.63) is 59.9 Å². The van der Waals surface area contributed by atoms with E-state index in [1.807, 2.05) is 12.1 Å². The van der Waals surface area contributed by atoms with Gasteiger partial charge in [0.25, 0.3) is 0 Å². The third-order valence-corrected chi connectivity index (χ3v) is 6.41. The molecule has 2 fully saturated rings. The van der Waals surface area contributed by atoms with Crippen LogP contribution in [0.3, 0.4) is 0 Å². The first-order valence-electron chi connectivity index (χ1n) is 10.3. The molecule has 2 atom stereocenters. The largest absolute Gasteiger partial charge is 0.368 e. The van der Waals surface area contributed by atoms with Crippen LogP contribution in [0.25, 0.3) is 0 Å². The second-order valence-corrected chi connectivity index (χ2v) is 8.31. The third-order valence-electron chi connectivity index (χ3n) is 6.41. The highest BCUT2D eigenvalue weighted by molar-refractivity contribution is 5.82. The highest BCUT2D eigenvalue weighted by Crippen LogP contribution is 2.37. The van der Waals surface area contributed by atoms with E-state index in [0.29, 0.717) is 5.92 Å². The number of para-hydroxylation sites is 1. The summed E-state index contributed by atoms with van der Waals surface area (Å²) in [7, 11) is 0. The lowest BCUT2D eigenvalue weighted by Gasteiger charge is -2.49. The van der Waals surface area contributed by atoms with Crippen molar-refractivity contribution in [2.24, 2.45) is 11.8 Å². The Labute approximate surface area is 165 Å². The molecule has 4 nitrogen and oxygen atoms in total. The summed E-state index contributed by atoms with van der Waals surface area (Å²) in [5.74, 6) is 0.582. The molecule has 5 rings (SSSR count). The zero-order valence-electron chi connectivity index (χ0n) is 16.0. The lowest BCUT2D eigenvalue weighted by molar-refractivity contribution is -0.125. The molecule has 2 aromatic carbocycles. The minimum atomic E-state index is -0.216. The van der Waals surface area contributed by atoms with Crippen LogP contribution in [0.2, 0.25) is 0 Å². The summed E-state index contributed by atoms with van der Waals surface area (Å²) in [5.41, 5.74) is 3.55. The molecular formula is C23H26FN3O. The van der Waals surface area contributed by atoms with Crippen molar-refractivity contribution in [2.75, 3.05) is 36.0 Å². The van der Waals surface area contributed by atoms with Crippen LogP contribution in [0.15, 0.2) is 48.5 Å². The van der Waals surface area contributed by atoms with Gasteiger partial charge in [0.2, 0.25) is 5.91 Å². The number of rotatable bonds is 4. The van der Waals surface area contributed by atoms with Crippen molar-refractivity contribution in [3.63, 3.8) is 0 Å². The second kappa shape index (κ2) is 7.12. The fraction of sp³-hybridized carbons (Fsp3) is 0.435. The van der Waals surface area contributed by atoms with Crippen molar-refractivity contribution < 1.29 is 9.18 Å². The summed E-state index contributed by atoms with van der Waals surface area (Å²) in [6, 6.07) is 15.3. The van der Waals surface area contributed by atoms with Gasteiger partial charge in [-0.15, -0.1) is 0 Å². The molecule has 1 aliphatic carbocycles. The highest BCUT2D eigenvalue weighted by Gasteiger charge is 2.41. The average Bonchev–Trinajstić information content (AvgIpc) is 3.56. The molecule has 0 unspecified atom stereocenters. The summed E-state index contributed by atoms with van der Waals surface area (Å²) in [5, 5.41) is 3.21. The Hall–Kier alpha value is -2.56. The molecule has 0 bridgehead atoms. The molecule has 3 aliphatic rings. The number of fused-ring (bicyclic) bond motifs is 3. The van der Waals surface area contributed by atoms with E-state index < -0.39 is 0 Å². The summed E-state index contributed by atoms with van der Waals surface area (Å²) < 4.78 is 13.3. The fourth-order valence-electron chi connectivity index (χ4n) is 4.64. The Balaban J connectivity index is 1.41. The van der Waals surface area contributed by atoms with Gasteiger partial charge >= 0.3 is 0 Å². The number of nitrogens with one attached hydrogen (secondary N) is 1. The highest BCUT2D eigenvalue weighted by atomic mass is 19.1. The van der Waals surface area contributed by atoms with Crippen LogP contribution in [0.5, 0.6) is 0 Å². The van der Waals surface area contributed by atoms with Gasteiger partial charge in [0.15, 0.2) is 0 Å². The number of carbonyl (C=O) groups is 1. The number of piperazine rings is 1. The van der Waals surface area contributed by atoms with Crippen LogP contribution in [0, 0.1) is 17.7 Å². The Kier molecular flexibility index (Phi) is 4.46. The van der Waals surface area contributed by atoms with E-state index in [4.69, 9.17) is 0 Å². The SMILES string of the molecule is O=C(NCC1CC1)[C@@H]1Cc2ccccc2N2CCN(c3ccc(F)cc3)C[C@H]12. The van der Waals surface area contributed by atoms with Gasteiger partial charge in [-0.05, 0) is 61.1 Å². The lowest BCUT2D eigenvalue weighted by atomic mass is 9.83. The lowest BCUT2D eigenvalue weighted by Crippen LogP contribution is -2.61. The van der Waals surface area contributed by atoms with Crippen LogP contribution < -0.4 is 15.1 Å². The molecule has 1 saturated heterocycles. The maximum atomic E-state index is 13.3. The summed E-state index contributed by atoms with van der Waals surface area (Å²) in [6.07, 6.45) is 3.26. The van der Waals surface area contributed by atoms with Crippen molar-refractivity contribution in [1.29, 1.82) is 0 Å². The topological polar surface area (TPSA) is 35.6 Å². The first kappa shape index (κ1) is 17.5. The van der Waals surface area contributed by atoms with Gasteiger partial charge in [0.05, 0.1) is 12.0 Å². The normalized spacial score (nSPS) is 23.8. The molecule has 0 spiro atoms. The van der Waals surface area contributed by atoms with Crippen LogP contribution >= 0.6 is 0 Å². The number of carbonyl (C=O) groups excluding carboxylic acids is 1. The molecule has 5 heteroatoms. The third kappa shape index (κ3) is 3.34. The molecule has 1 N–H and O–H groups in total. The van der Waals surface area contributed by atoms with E-state index in [1.165, 1.54) is 36.2 Å². The first-order chi connectivity index (χ1) is 13.7. The van der Waals surface area contributed by atoms with Crippen LogP contribution in [0.1, 0.15) is 18.4 Å². The van der Waals surface area contributed by atoms with Crippen molar-refractivity contribution in [2.45, 2.75) is 25.3 Å². The number of hydrogen-bond donors (Lipinski definition) is 1. The van der Waals surface area contributed by atoms with Gasteiger partial charge in [0, 0.05) is 37.6 Å². The van der Waals surface area contributed by atoms with E-state index in [2.05, 4.69) is 39.4 Å². The van der Waals surface area contributed by atoms with Crippen molar-refractivity contribution in [3.8, 4) is 0 Å². The Morgan fingerprint density at radius 3 is 2.64 bits per heavy atom. The number of halogens is 1. The molecule has 2 aromatic rings. The predicted octanol–water partition coefficient (Wildman–Crippen LogP) is 3.22. The molecule has 2 aliphatic heterocycles. The van der Waals surface area contributed by atoms with Crippen molar-refractivity contribution >= 4 is 17.3 Å². The van der Waals surface area contributed by atoms with Crippen LogP contribution in [-0.2, 0) is 11.2 Å². The van der Waals surface area contributed by atoms with E-state index in [9.17, 15) is 9.18 Å². The zero-order valence-corrected chi connectivity index (χ0v) is 16.0. The molecule has 1 saturated carbocycles. The van der Waals surface area contributed by atoms with Crippen LogP contribution in [-0.4, -0.2) is 38.1 Å². The molecule has 1 amide bonds. The fourth-order valence-corrected chi connectivity index (χ4v) is 4.64. The number of anilines is 2. The maximum Gasteiger partial charge on any atom is 0.225 e. The van der Waals surface area contributed by atoms with Gasteiger partial charge in [-0.1, -0.05) is 18.2 Å². The van der Waals surface area contributed by atoms with Gasteiger partial charge in [-0.25, -0.2) is 4.39 Å². The van der Waals surface area contributed by atoms with Gasteiger partial charge in [-0.2, -0.15) is 0 Å².